The van der Waals surface area contributed by atoms with Crippen molar-refractivity contribution in [2.45, 2.75) is 38.2 Å². The molecule has 2 rings (SSSR count). The summed E-state index contributed by atoms with van der Waals surface area (Å²) in [7, 11) is -3.66. The number of amides is 1. The Hall–Kier alpha value is -2.38. The fourth-order valence-electron chi connectivity index (χ4n) is 2.42. The minimum Gasteiger partial charge on any atom is -0.379 e. The van der Waals surface area contributed by atoms with Crippen LogP contribution in [0, 0.1) is 6.92 Å². The maximum Gasteiger partial charge on any atom is 0.261 e. The molecule has 0 aliphatic rings. The third-order valence-electron chi connectivity index (χ3n) is 3.84. The first-order valence-corrected chi connectivity index (χ1v) is 10.4. The quantitative estimate of drug-likeness (QED) is 0.643. The summed E-state index contributed by atoms with van der Waals surface area (Å²) in [6.45, 7) is 6.81. The highest BCUT2D eigenvalue weighted by molar-refractivity contribution is 7.92. The molecule has 2 N–H and O–H groups in total. The van der Waals surface area contributed by atoms with Crippen molar-refractivity contribution in [3.63, 3.8) is 0 Å². The average Bonchev–Trinajstić information content (AvgIpc) is 2.63. The Balaban J connectivity index is 1.98. The van der Waals surface area contributed by atoms with Crippen molar-refractivity contribution in [2.75, 3.05) is 17.9 Å². The predicted octanol–water partition coefficient (Wildman–Crippen LogP) is 3.34. The van der Waals surface area contributed by atoms with E-state index in [0.29, 0.717) is 30.0 Å². The standard InChI is InChI=1S/C20H26N2O4S/c1-15(2)26-13-7-12-21-20(23)17-10-11-19(16(3)14-17)22-27(24,25)18-8-5-4-6-9-18/h4-6,8-11,14-15,22H,7,12-13H2,1-3H3,(H,21,23). The lowest BCUT2D eigenvalue weighted by atomic mass is 10.1. The zero-order valence-electron chi connectivity index (χ0n) is 15.9. The predicted molar refractivity (Wildman–Crippen MR) is 106 cm³/mol. The van der Waals surface area contributed by atoms with Crippen LogP contribution in [0.5, 0.6) is 0 Å². The molecule has 27 heavy (non-hydrogen) atoms. The van der Waals surface area contributed by atoms with Crippen LogP contribution in [0.1, 0.15) is 36.2 Å². The second kappa shape index (κ2) is 9.53. The van der Waals surface area contributed by atoms with Crippen LogP contribution in [0.2, 0.25) is 0 Å². The number of sulfonamides is 1. The third-order valence-corrected chi connectivity index (χ3v) is 5.23. The molecule has 0 aliphatic heterocycles. The number of nitrogens with one attached hydrogen (secondary N) is 2. The van der Waals surface area contributed by atoms with E-state index in [1.807, 2.05) is 13.8 Å². The van der Waals surface area contributed by atoms with Crippen LogP contribution >= 0.6 is 0 Å². The van der Waals surface area contributed by atoms with Crippen LogP contribution < -0.4 is 10.0 Å². The first kappa shape index (κ1) is 20.9. The van der Waals surface area contributed by atoms with E-state index < -0.39 is 10.0 Å². The molecule has 0 saturated heterocycles. The molecular formula is C20H26N2O4S. The number of aryl methyl sites for hydroxylation is 1. The summed E-state index contributed by atoms with van der Waals surface area (Å²) in [6, 6.07) is 13.0. The van der Waals surface area contributed by atoms with E-state index >= 15 is 0 Å². The number of ether oxygens (including phenoxy) is 1. The van der Waals surface area contributed by atoms with Gasteiger partial charge in [0.2, 0.25) is 0 Å². The normalized spacial score (nSPS) is 11.4. The van der Waals surface area contributed by atoms with Gasteiger partial charge in [-0.05, 0) is 63.1 Å². The number of benzene rings is 2. The zero-order chi connectivity index (χ0) is 19.9. The first-order valence-electron chi connectivity index (χ1n) is 8.88. The van der Waals surface area contributed by atoms with Crippen molar-refractivity contribution < 1.29 is 17.9 Å². The number of hydrogen-bond donors (Lipinski definition) is 2. The Kier molecular flexibility index (Phi) is 7.38. The molecule has 0 unspecified atom stereocenters. The second-order valence-corrected chi connectivity index (χ2v) is 8.16. The van der Waals surface area contributed by atoms with E-state index in [1.165, 1.54) is 12.1 Å². The summed E-state index contributed by atoms with van der Waals surface area (Å²) in [6.07, 6.45) is 0.910. The van der Waals surface area contributed by atoms with E-state index in [0.717, 1.165) is 6.42 Å². The molecule has 0 atom stereocenters. The average molecular weight is 391 g/mol. The Morgan fingerprint density at radius 2 is 1.81 bits per heavy atom. The summed E-state index contributed by atoms with van der Waals surface area (Å²) in [4.78, 5) is 12.4. The Labute approximate surface area is 161 Å². The van der Waals surface area contributed by atoms with Crippen LogP contribution in [0.25, 0.3) is 0 Å². The minimum atomic E-state index is -3.66. The van der Waals surface area contributed by atoms with Gasteiger partial charge in [0.15, 0.2) is 0 Å². The van der Waals surface area contributed by atoms with E-state index in [9.17, 15) is 13.2 Å². The molecule has 146 valence electrons. The van der Waals surface area contributed by atoms with Gasteiger partial charge >= 0.3 is 0 Å². The maximum atomic E-state index is 12.4. The molecule has 0 fully saturated rings. The molecule has 2 aromatic rings. The molecule has 0 spiro atoms. The SMILES string of the molecule is Cc1cc(C(=O)NCCCOC(C)C)ccc1NS(=O)(=O)c1ccccc1. The summed E-state index contributed by atoms with van der Waals surface area (Å²) in [5.74, 6) is -0.194. The molecule has 0 aromatic heterocycles. The molecule has 2 aromatic carbocycles. The van der Waals surface area contributed by atoms with Gasteiger partial charge < -0.3 is 10.1 Å². The van der Waals surface area contributed by atoms with Crippen molar-refractivity contribution in [3.05, 3.63) is 59.7 Å². The molecule has 0 aliphatic carbocycles. The minimum absolute atomic E-state index is 0.176. The molecule has 0 radical (unpaired) electrons. The number of carbonyl (C=O) groups is 1. The van der Waals surface area contributed by atoms with Crippen LogP contribution in [0.15, 0.2) is 53.4 Å². The van der Waals surface area contributed by atoms with E-state index in [1.54, 1.807) is 43.3 Å². The number of rotatable bonds is 9. The summed E-state index contributed by atoms with van der Waals surface area (Å²) >= 11 is 0. The van der Waals surface area contributed by atoms with Gasteiger partial charge in [-0.15, -0.1) is 0 Å². The number of anilines is 1. The molecular weight excluding hydrogens is 364 g/mol. The van der Waals surface area contributed by atoms with E-state index in [-0.39, 0.29) is 16.9 Å². The zero-order valence-corrected chi connectivity index (χ0v) is 16.7. The molecule has 0 bridgehead atoms. The Morgan fingerprint density at radius 3 is 2.44 bits per heavy atom. The monoisotopic (exact) mass is 390 g/mol. The molecule has 1 amide bonds. The van der Waals surface area contributed by atoms with Gasteiger partial charge in [-0.3, -0.25) is 9.52 Å². The van der Waals surface area contributed by atoms with Gasteiger partial charge in [-0.2, -0.15) is 0 Å². The highest BCUT2D eigenvalue weighted by Crippen LogP contribution is 2.21. The van der Waals surface area contributed by atoms with Crippen LogP contribution in [0.3, 0.4) is 0 Å². The molecule has 7 heteroatoms. The van der Waals surface area contributed by atoms with Gasteiger partial charge in [0.1, 0.15) is 0 Å². The fourth-order valence-corrected chi connectivity index (χ4v) is 3.57. The van der Waals surface area contributed by atoms with Gasteiger partial charge in [0, 0.05) is 18.7 Å². The Morgan fingerprint density at radius 1 is 1.11 bits per heavy atom. The Bertz CT molecular complexity index is 865. The van der Waals surface area contributed by atoms with Crippen LogP contribution in [-0.4, -0.2) is 33.6 Å². The molecule has 0 saturated carbocycles. The number of hydrogen-bond acceptors (Lipinski definition) is 4. The van der Waals surface area contributed by atoms with Crippen LogP contribution in [-0.2, 0) is 14.8 Å². The topological polar surface area (TPSA) is 84.5 Å². The maximum absolute atomic E-state index is 12.4. The number of carbonyl (C=O) groups excluding carboxylic acids is 1. The smallest absolute Gasteiger partial charge is 0.261 e. The van der Waals surface area contributed by atoms with E-state index in [4.69, 9.17) is 4.74 Å². The van der Waals surface area contributed by atoms with Crippen molar-refractivity contribution in [1.82, 2.24) is 5.32 Å². The highest BCUT2D eigenvalue weighted by Gasteiger charge is 2.15. The van der Waals surface area contributed by atoms with Crippen molar-refractivity contribution >= 4 is 21.6 Å². The third kappa shape index (κ3) is 6.37. The molecule has 0 heterocycles. The van der Waals surface area contributed by atoms with Gasteiger partial charge in [0.25, 0.3) is 15.9 Å². The van der Waals surface area contributed by atoms with Gasteiger partial charge in [-0.25, -0.2) is 8.42 Å². The summed E-state index contributed by atoms with van der Waals surface area (Å²) in [5.41, 5.74) is 1.60. The molecule has 6 nitrogen and oxygen atoms in total. The van der Waals surface area contributed by atoms with Gasteiger partial charge in [-0.1, -0.05) is 18.2 Å². The van der Waals surface area contributed by atoms with E-state index in [2.05, 4.69) is 10.0 Å². The van der Waals surface area contributed by atoms with Crippen molar-refractivity contribution in [1.29, 1.82) is 0 Å². The largest absolute Gasteiger partial charge is 0.379 e. The fraction of sp³-hybridized carbons (Fsp3) is 0.350. The lowest BCUT2D eigenvalue weighted by Gasteiger charge is -2.12. The van der Waals surface area contributed by atoms with Gasteiger partial charge in [0.05, 0.1) is 16.7 Å². The summed E-state index contributed by atoms with van der Waals surface area (Å²) in [5, 5.41) is 2.84. The first-order chi connectivity index (χ1) is 12.8. The second-order valence-electron chi connectivity index (χ2n) is 6.48. The van der Waals surface area contributed by atoms with Crippen molar-refractivity contribution in [3.8, 4) is 0 Å². The van der Waals surface area contributed by atoms with Crippen LogP contribution in [0.4, 0.5) is 5.69 Å². The summed E-state index contributed by atoms with van der Waals surface area (Å²) < 4.78 is 32.8. The highest BCUT2D eigenvalue weighted by atomic mass is 32.2. The lowest BCUT2D eigenvalue weighted by molar-refractivity contribution is 0.0757. The lowest BCUT2D eigenvalue weighted by Crippen LogP contribution is -2.25. The van der Waals surface area contributed by atoms with Crippen molar-refractivity contribution in [2.24, 2.45) is 0 Å².